The lowest BCUT2D eigenvalue weighted by Crippen LogP contribution is -2.60. The molecule has 374 valence electrons. The molecule has 14 rings (SSSR count). The van der Waals surface area contributed by atoms with E-state index in [0.717, 1.165) is 0 Å². The van der Waals surface area contributed by atoms with Crippen molar-refractivity contribution >= 4 is 88.7 Å². The van der Waals surface area contributed by atoms with Gasteiger partial charge in [0.15, 0.2) is 0 Å². The van der Waals surface area contributed by atoms with Gasteiger partial charge in [-0.1, -0.05) is 180 Å². The lowest BCUT2D eigenvalue weighted by Gasteiger charge is -2.44. The molecular formula is C71H66BN3S. The molecule has 0 amide bonds. The molecule has 2 aromatic heterocycles. The molecular weight excluding hydrogens is 938 g/mol. The monoisotopic (exact) mass is 1000 g/mol. The first kappa shape index (κ1) is 47.3. The molecule has 2 aliphatic heterocycles. The number of fused-ring (bicyclic) bond motifs is 15. The van der Waals surface area contributed by atoms with E-state index < -0.39 is 5.41 Å². The quantitative estimate of drug-likeness (QED) is 0.161. The van der Waals surface area contributed by atoms with Crippen LogP contribution >= 0.6 is 11.3 Å². The summed E-state index contributed by atoms with van der Waals surface area (Å²) in [5.74, 6) is 0. The van der Waals surface area contributed by atoms with Crippen LogP contribution in [-0.4, -0.2) is 11.7 Å². The number of rotatable bonds is 2. The second-order valence-corrected chi connectivity index (χ2v) is 27.6. The van der Waals surface area contributed by atoms with E-state index in [-0.39, 0.29) is 28.4 Å². The number of pyridine rings is 1. The largest absolute Gasteiger partial charge is 0.311 e. The van der Waals surface area contributed by atoms with Crippen LogP contribution in [0.4, 0.5) is 34.1 Å². The average Bonchev–Trinajstić information content (AvgIpc) is 4.08. The molecule has 4 aliphatic rings. The van der Waals surface area contributed by atoms with Gasteiger partial charge in [0.05, 0.1) is 11.1 Å². The van der Waals surface area contributed by atoms with Gasteiger partial charge in [0.25, 0.3) is 6.71 Å². The van der Waals surface area contributed by atoms with E-state index in [1.54, 1.807) is 0 Å². The van der Waals surface area contributed by atoms with Crippen molar-refractivity contribution in [1.29, 1.82) is 0 Å². The van der Waals surface area contributed by atoms with Crippen LogP contribution < -0.4 is 25.5 Å². The molecule has 4 heterocycles. The number of hydrogen-bond donors (Lipinski definition) is 0. The van der Waals surface area contributed by atoms with Crippen LogP contribution in [0.25, 0.3) is 43.1 Å². The first-order chi connectivity index (χ1) is 36.1. The van der Waals surface area contributed by atoms with Crippen LogP contribution in [0.3, 0.4) is 0 Å². The Morgan fingerprint density at radius 2 is 1.05 bits per heavy atom. The van der Waals surface area contributed by atoms with Crippen LogP contribution in [0.2, 0.25) is 0 Å². The van der Waals surface area contributed by atoms with Crippen LogP contribution in [-0.2, 0) is 27.1 Å². The van der Waals surface area contributed by atoms with Gasteiger partial charge >= 0.3 is 0 Å². The van der Waals surface area contributed by atoms with Crippen LogP contribution in [0.1, 0.15) is 133 Å². The van der Waals surface area contributed by atoms with Gasteiger partial charge < -0.3 is 9.80 Å². The first-order valence-corrected chi connectivity index (χ1v) is 28.3. The summed E-state index contributed by atoms with van der Waals surface area (Å²) in [5, 5.41) is 3.90. The van der Waals surface area contributed by atoms with Gasteiger partial charge in [-0.3, -0.25) is 4.98 Å². The molecule has 3 nitrogen and oxygen atoms in total. The Kier molecular flexibility index (Phi) is 9.76. The number of thiophene rings is 1. The number of nitrogens with zero attached hydrogens (tertiary/aromatic N) is 3. The van der Waals surface area contributed by atoms with Gasteiger partial charge in [0.2, 0.25) is 0 Å². The minimum atomic E-state index is -0.573. The fourth-order valence-corrected chi connectivity index (χ4v) is 14.9. The van der Waals surface area contributed by atoms with E-state index in [1.165, 1.54) is 143 Å². The standard InChI is InChI=1S/C71H66BN3S/c1-41-20-30-49-51-18-14-16-42-17-15-19-54(63(42)51)71(55(49)34-41)56-39-62-53(38-52(56)50-32-33-73-40-57(50)71)65-66(76-62)72-58-31-25-45(69(8,9)10)35-59(58)74(47-26-21-43(22-27-47)67(2,3)4)60-36-46(70(11,12)13)37-61(64(60)72)75(65)48-28-23-44(24-29-48)68(5,6)7/h14-40H,1-13H3. The summed E-state index contributed by atoms with van der Waals surface area (Å²) in [6.45, 7) is 30.3. The third-order valence-corrected chi connectivity index (χ3v) is 18.8. The van der Waals surface area contributed by atoms with Gasteiger partial charge in [-0.05, 0) is 178 Å². The molecule has 0 N–H and O–H groups in total. The topological polar surface area (TPSA) is 19.4 Å². The Morgan fingerprint density at radius 3 is 1.71 bits per heavy atom. The zero-order valence-corrected chi connectivity index (χ0v) is 47.2. The number of benzene rings is 8. The minimum Gasteiger partial charge on any atom is -0.311 e. The van der Waals surface area contributed by atoms with Gasteiger partial charge in [-0.15, -0.1) is 11.3 Å². The van der Waals surface area contributed by atoms with Crippen molar-refractivity contribution < 1.29 is 0 Å². The predicted octanol–water partition coefficient (Wildman–Crippen LogP) is 17.4. The third kappa shape index (κ3) is 6.57. The smallest absolute Gasteiger partial charge is 0.264 e. The minimum absolute atomic E-state index is 0.00954. The number of aryl methyl sites for hydroxylation is 1. The SMILES string of the molecule is Cc1ccc2c(c1)C1(c3cnccc3-c3cc4c5c(sc4cc31)B1c3ccc(C(C)(C)C)cc3N(c3ccc(C(C)(C)C)cc3)c3cc(C(C)(C)C)cc(c31)N5c1ccc(C(C)(C)C)cc1)c1cccc3cccc-2c13. The van der Waals surface area contributed by atoms with Gasteiger partial charge in [0.1, 0.15) is 0 Å². The Morgan fingerprint density at radius 1 is 0.474 bits per heavy atom. The van der Waals surface area contributed by atoms with Gasteiger partial charge in [0, 0.05) is 55.7 Å². The molecule has 0 saturated carbocycles. The fourth-order valence-electron chi connectivity index (χ4n) is 13.6. The van der Waals surface area contributed by atoms with Gasteiger partial charge in [-0.25, -0.2) is 0 Å². The van der Waals surface area contributed by atoms with Crippen molar-refractivity contribution in [3.63, 3.8) is 0 Å². The Balaban J connectivity index is 1.11. The van der Waals surface area contributed by atoms with Crippen molar-refractivity contribution in [2.24, 2.45) is 0 Å². The summed E-state index contributed by atoms with van der Waals surface area (Å²) in [5.41, 5.74) is 26.4. The van der Waals surface area contributed by atoms with E-state index in [0.29, 0.717) is 0 Å². The fraction of sp³-hybridized carbons (Fsp3) is 0.254. The second kappa shape index (κ2) is 15.7. The lowest BCUT2D eigenvalue weighted by molar-refractivity contribution is 0.589. The third-order valence-electron chi connectivity index (χ3n) is 17.6. The molecule has 0 bridgehead atoms. The highest BCUT2D eigenvalue weighted by molar-refractivity contribution is 7.33. The van der Waals surface area contributed by atoms with Crippen molar-refractivity contribution in [2.45, 2.75) is 117 Å². The summed E-state index contributed by atoms with van der Waals surface area (Å²) in [7, 11) is 0. The highest BCUT2D eigenvalue weighted by Gasteiger charge is 2.52. The Labute approximate surface area is 454 Å². The molecule has 2 aliphatic carbocycles. The number of hydrogen-bond acceptors (Lipinski definition) is 4. The summed E-state index contributed by atoms with van der Waals surface area (Å²) in [4.78, 5) is 10.3. The number of anilines is 6. The lowest BCUT2D eigenvalue weighted by atomic mass is 9.36. The van der Waals surface area contributed by atoms with Crippen molar-refractivity contribution in [3.8, 4) is 22.3 Å². The maximum atomic E-state index is 4.97. The molecule has 1 unspecified atom stereocenters. The van der Waals surface area contributed by atoms with Crippen molar-refractivity contribution in [1.82, 2.24) is 4.98 Å². The van der Waals surface area contributed by atoms with E-state index in [1.807, 2.05) is 17.5 Å². The van der Waals surface area contributed by atoms with Crippen molar-refractivity contribution in [2.75, 3.05) is 9.80 Å². The van der Waals surface area contributed by atoms with E-state index in [4.69, 9.17) is 4.98 Å². The highest BCUT2D eigenvalue weighted by Crippen LogP contribution is 2.63. The summed E-state index contributed by atoms with van der Waals surface area (Å²) in [6.07, 6.45) is 4.19. The van der Waals surface area contributed by atoms with Crippen LogP contribution in [0.5, 0.6) is 0 Å². The van der Waals surface area contributed by atoms with Crippen LogP contribution in [0, 0.1) is 6.92 Å². The Bertz CT molecular complexity index is 4110. The molecule has 10 aromatic rings. The number of aromatic nitrogens is 1. The first-order valence-electron chi connectivity index (χ1n) is 27.5. The summed E-state index contributed by atoms with van der Waals surface area (Å²) in [6, 6.07) is 60.0. The van der Waals surface area contributed by atoms with Gasteiger partial charge in [-0.2, -0.15) is 0 Å². The highest BCUT2D eigenvalue weighted by atomic mass is 32.1. The zero-order chi connectivity index (χ0) is 52.7. The molecule has 0 saturated heterocycles. The summed E-state index contributed by atoms with van der Waals surface area (Å²) < 4.78 is 2.69. The molecule has 5 heteroatoms. The maximum Gasteiger partial charge on any atom is 0.264 e. The molecule has 1 atom stereocenters. The normalized spacial score (nSPS) is 16.2. The van der Waals surface area contributed by atoms with E-state index in [9.17, 15) is 0 Å². The predicted molar refractivity (Wildman–Crippen MR) is 327 cm³/mol. The molecule has 76 heavy (non-hydrogen) atoms. The van der Waals surface area contributed by atoms with E-state index >= 15 is 0 Å². The van der Waals surface area contributed by atoms with E-state index in [2.05, 4.69) is 258 Å². The maximum absolute atomic E-state index is 4.97. The zero-order valence-electron chi connectivity index (χ0n) is 46.4. The van der Waals surface area contributed by atoms with Crippen molar-refractivity contribution in [3.05, 3.63) is 214 Å². The molecule has 0 radical (unpaired) electrons. The Hall–Kier alpha value is -7.21. The summed E-state index contributed by atoms with van der Waals surface area (Å²) >= 11 is 2.01. The van der Waals surface area contributed by atoms with Crippen LogP contribution in [0.15, 0.2) is 164 Å². The molecule has 8 aromatic carbocycles. The molecule has 1 spiro atoms. The average molecular weight is 1000 g/mol. The second-order valence-electron chi connectivity index (χ2n) is 26.5. The molecule has 0 fully saturated rings.